The predicted molar refractivity (Wildman–Crippen MR) is 99.3 cm³/mol. The van der Waals surface area contributed by atoms with Gasteiger partial charge in [0.05, 0.1) is 19.8 Å². The molecule has 0 fully saturated rings. The fourth-order valence-corrected chi connectivity index (χ4v) is 2.12. The molecule has 7 heteroatoms. The Morgan fingerprint density at radius 2 is 1.64 bits per heavy atom. The van der Waals surface area contributed by atoms with Gasteiger partial charge in [0.1, 0.15) is 6.04 Å². The van der Waals surface area contributed by atoms with Crippen LogP contribution in [0.25, 0.3) is 0 Å². The zero-order valence-corrected chi connectivity index (χ0v) is 17.2. The average molecular weight is 360 g/mol. The van der Waals surface area contributed by atoms with E-state index in [4.69, 9.17) is 9.84 Å². The normalized spacial score (nSPS) is 13.7. The predicted octanol–water partition coefficient (Wildman–Crippen LogP) is 0.715. The first-order valence-electron chi connectivity index (χ1n) is 8.77. The Labute approximate surface area is 152 Å². The standard InChI is InChI=1S/C18H37N3O4/c1-17(2,3)16(24)21(8)14(13-20(7)18(4,5)6)15(23)19-9-11-25-12-10-22/h14,22H,9-13H2,1-8H3,(H,19,23)/t14-/m1/s1. The summed E-state index contributed by atoms with van der Waals surface area (Å²) in [5, 5.41) is 11.5. The molecule has 0 aromatic heterocycles. The number of hydrogen-bond donors (Lipinski definition) is 2. The number of carbonyl (C=O) groups excluding carboxylic acids is 2. The maximum absolute atomic E-state index is 12.7. The molecule has 0 heterocycles. The number of nitrogens with one attached hydrogen (secondary N) is 1. The van der Waals surface area contributed by atoms with Crippen molar-refractivity contribution in [1.82, 2.24) is 15.1 Å². The third kappa shape index (κ3) is 8.65. The Balaban J connectivity index is 5.06. The molecule has 0 bridgehead atoms. The Hall–Kier alpha value is -1.18. The molecule has 2 amide bonds. The first-order valence-corrected chi connectivity index (χ1v) is 8.77. The SMILES string of the molecule is CN(C(=O)C(C)(C)C)[C@H](CN(C)C(C)(C)C)C(=O)NCCOCCO. The van der Waals surface area contributed by atoms with Gasteiger partial charge in [0.15, 0.2) is 0 Å². The Morgan fingerprint density at radius 3 is 2.08 bits per heavy atom. The van der Waals surface area contributed by atoms with Crippen LogP contribution in [0.3, 0.4) is 0 Å². The molecule has 2 N–H and O–H groups in total. The van der Waals surface area contributed by atoms with E-state index in [9.17, 15) is 9.59 Å². The molecule has 0 rings (SSSR count). The van der Waals surface area contributed by atoms with Crippen molar-refractivity contribution in [2.45, 2.75) is 53.1 Å². The zero-order valence-electron chi connectivity index (χ0n) is 17.2. The number of ether oxygens (including phenoxy) is 1. The van der Waals surface area contributed by atoms with Crippen LogP contribution < -0.4 is 5.32 Å². The van der Waals surface area contributed by atoms with E-state index in [1.54, 1.807) is 7.05 Å². The number of aliphatic hydroxyl groups is 1. The van der Waals surface area contributed by atoms with Gasteiger partial charge in [-0.05, 0) is 27.8 Å². The molecule has 0 radical (unpaired) electrons. The van der Waals surface area contributed by atoms with Crippen molar-refractivity contribution in [3.63, 3.8) is 0 Å². The molecule has 0 saturated heterocycles. The van der Waals surface area contributed by atoms with Gasteiger partial charge < -0.3 is 20.1 Å². The summed E-state index contributed by atoms with van der Waals surface area (Å²) in [4.78, 5) is 28.9. The number of carbonyl (C=O) groups is 2. The van der Waals surface area contributed by atoms with Gasteiger partial charge in [-0.3, -0.25) is 14.5 Å². The molecular weight excluding hydrogens is 322 g/mol. The molecule has 0 saturated carbocycles. The minimum atomic E-state index is -0.589. The van der Waals surface area contributed by atoms with Gasteiger partial charge in [-0.2, -0.15) is 0 Å². The maximum Gasteiger partial charge on any atom is 0.244 e. The van der Waals surface area contributed by atoms with Crippen LogP contribution in [0.2, 0.25) is 0 Å². The van der Waals surface area contributed by atoms with Crippen molar-refractivity contribution in [3.8, 4) is 0 Å². The van der Waals surface area contributed by atoms with Crippen LogP contribution >= 0.6 is 0 Å². The molecule has 0 unspecified atom stereocenters. The van der Waals surface area contributed by atoms with Crippen LogP contribution in [0.4, 0.5) is 0 Å². The van der Waals surface area contributed by atoms with Crippen molar-refractivity contribution < 1.29 is 19.4 Å². The second-order valence-corrected chi connectivity index (χ2v) is 8.36. The highest BCUT2D eigenvalue weighted by molar-refractivity contribution is 5.89. The van der Waals surface area contributed by atoms with E-state index in [2.05, 4.69) is 31.0 Å². The Kier molecular flexibility index (Phi) is 9.61. The van der Waals surface area contributed by atoms with E-state index in [0.717, 1.165) is 0 Å². The molecule has 7 nitrogen and oxygen atoms in total. The smallest absolute Gasteiger partial charge is 0.244 e. The van der Waals surface area contributed by atoms with Gasteiger partial charge in [-0.15, -0.1) is 0 Å². The van der Waals surface area contributed by atoms with Gasteiger partial charge in [-0.1, -0.05) is 20.8 Å². The monoisotopic (exact) mass is 359 g/mol. The minimum absolute atomic E-state index is 0.0459. The summed E-state index contributed by atoms with van der Waals surface area (Å²) in [6, 6.07) is -0.589. The van der Waals surface area contributed by atoms with Crippen molar-refractivity contribution in [3.05, 3.63) is 0 Å². The van der Waals surface area contributed by atoms with Crippen LogP contribution in [0.1, 0.15) is 41.5 Å². The average Bonchev–Trinajstić information content (AvgIpc) is 2.48. The molecule has 0 aromatic carbocycles. The van der Waals surface area contributed by atoms with Crippen LogP contribution in [-0.2, 0) is 14.3 Å². The van der Waals surface area contributed by atoms with Crippen LogP contribution in [0, 0.1) is 5.41 Å². The first-order chi connectivity index (χ1) is 11.3. The third-order valence-corrected chi connectivity index (χ3v) is 4.11. The van der Waals surface area contributed by atoms with Gasteiger partial charge in [0.25, 0.3) is 0 Å². The third-order valence-electron chi connectivity index (χ3n) is 4.11. The highest BCUT2D eigenvalue weighted by Gasteiger charge is 2.35. The fraction of sp³-hybridized carbons (Fsp3) is 0.889. The maximum atomic E-state index is 12.7. The molecule has 1 atom stereocenters. The van der Waals surface area contributed by atoms with Crippen molar-refractivity contribution >= 4 is 11.8 Å². The van der Waals surface area contributed by atoms with Gasteiger partial charge in [0.2, 0.25) is 11.8 Å². The van der Waals surface area contributed by atoms with Crippen LogP contribution in [0.15, 0.2) is 0 Å². The molecule has 0 spiro atoms. The lowest BCUT2D eigenvalue weighted by molar-refractivity contribution is -0.146. The summed E-state index contributed by atoms with van der Waals surface area (Å²) in [6.07, 6.45) is 0. The highest BCUT2D eigenvalue weighted by atomic mass is 16.5. The van der Waals surface area contributed by atoms with E-state index >= 15 is 0 Å². The molecule has 148 valence electrons. The Bertz CT molecular complexity index is 427. The molecule has 0 aliphatic rings. The van der Waals surface area contributed by atoms with E-state index in [0.29, 0.717) is 19.7 Å². The van der Waals surface area contributed by atoms with Crippen molar-refractivity contribution in [2.24, 2.45) is 5.41 Å². The topological polar surface area (TPSA) is 82.1 Å². The molecule has 0 aromatic rings. The molecular formula is C18H37N3O4. The minimum Gasteiger partial charge on any atom is -0.394 e. The van der Waals surface area contributed by atoms with Gasteiger partial charge in [0, 0.05) is 31.1 Å². The Morgan fingerprint density at radius 1 is 1.08 bits per heavy atom. The van der Waals surface area contributed by atoms with Gasteiger partial charge >= 0.3 is 0 Å². The van der Waals surface area contributed by atoms with Crippen LogP contribution in [0.5, 0.6) is 0 Å². The number of nitrogens with zero attached hydrogens (tertiary/aromatic N) is 2. The number of aliphatic hydroxyl groups excluding tert-OH is 1. The summed E-state index contributed by atoms with van der Waals surface area (Å²) in [7, 11) is 3.62. The quantitative estimate of drug-likeness (QED) is 0.593. The van der Waals surface area contributed by atoms with Gasteiger partial charge in [-0.25, -0.2) is 0 Å². The zero-order chi connectivity index (χ0) is 19.8. The summed E-state index contributed by atoms with van der Waals surface area (Å²) in [5.74, 6) is -0.282. The highest BCUT2D eigenvalue weighted by Crippen LogP contribution is 2.20. The fourth-order valence-electron chi connectivity index (χ4n) is 2.12. The summed E-state index contributed by atoms with van der Waals surface area (Å²) in [5.41, 5.74) is -0.674. The second kappa shape index (κ2) is 10.1. The lowest BCUT2D eigenvalue weighted by Crippen LogP contribution is -2.57. The number of likely N-dealkylation sites (N-methyl/N-ethyl adjacent to an activating group) is 2. The lowest BCUT2D eigenvalue weighted by atomic mass is 9.94. The first kappa shape index (κ1) is 23.8. The molecule has 0 aliphatic heterocycles. The van der Waals surface area contributed by atoms with E-state index in [-0.39, 0.29) is 30.6 Å². The summed E-state index contributed by atoms with van der Waals surface area (Å²) < 4.78 is 5.15. The van der Waals surface area contributed by atoms with Crippen molar-refractivity contribution in [2.75, 3.05) is 47.0 Å². The van der Waals surface area contributed by atoms with Crippen LogP contribution in [-0.4, -0.2) is 85.3 Å². The second-order valence-electron chi connectivity index (χ2n) is 8.36. The van der Waals surface area contributed by atoms with E-state index in [1.807, 2.05) is 27.8 Å². The largest absolute Gasteiger partial charge is 0.394 e. The number of rotatable bonds is 9. The summed E-state index contributed by atoms with van der Waals surface area (Å²) >= 11 is 0. The lowest BCUT2D eigenvalue weighted by Gasteiger charge is -2.38. The van der Waals surface area contributed by atoms with E-state index < -0.39 is 11.5 Å². The summed E-state index contributed by atoms with van der Waals surface area (Å²) in [6.45, 7) is 13.0. The van der Waals surface area contributed by atoms with E-state index in [1.165, 1.54) is 4.90 Å². The number of amides is 2. The molecule has 25 heavy (non-hydrogen) atoms. The van der Waals surface area contributed by atoms with Crippen molar-refractivity contribution in [1.29, 1.82) is 0 Å². The number of hydrogen-bond acceptors (Lipinski definition) is 5. The molecule has 0 aliphatic carbocycles.